The summed E-state index contributed by atoms with van der Waals surface area (Å²) < 4.78 is 1.87. The van der Waals surface area contributed by atoms with Gasteiger partial charge in [0.1, 0.15) is 0 Å². The van der Waals surface area contributed by atoms with E-state index in [0.717, 1.165) is 11.0 Å². The molecule has 0 spiro atoms. The quantitative estimate of drug-likeness (QED) is 0.505. The van der Waals surface area contributed by atoms with Gasteiger partial charge in [0.25, 0.3) is 5.56 Å². The molecular weight excluding hydrogens is 228 g/mol. The molecule has 86 valence electrons. The van der Waals surface area contributed by atoms with E-state index in [1.165, 1.54) is 0 Å². The summed E-state index contributed by atoms with van der Waals surface area (Å²) in [4.78, 5) is 23.4. The molecule has 18 heavy (non-hydrogen) atoms. The molecule has 0 atom stereocenters. The highest BCUT2D eigenvalue weighted by molar-refractivity contribution is 5.86. The Morgan fingerprint density at radius 1 is 1.11 bits per heavy atom. The lowest BCUT2D eigenvalue weighted by Crippen LogP contribution is -2.10. The van der Waals surface area contributed by atoms with E-state index in [1.54, 1.807) is 18.3 Å². The summed E-state index contributed by atoms with van der Waals surface area (Å²) in [5.41, 5.74) is 2.24. The fourth-order valence-corrected chi connectivity index (χ4v) is 2.25. The molecule has 4 rings (SSSR count). The predicted octanol–water partition coefficient (Wildman–Crippen LogP) is 1.72. The number of benzene rings is 1. The van der Waals surface area contributed by atoms with Crippen molar-refractivity contribution >= 4 is 27.8 Å². The van der Waals surface area contributed by atoms with Crippen molar-refractivity contribution in [3.05, 3.63) is 52.9 Å². The maximum Gasteiger partial charge on any atom is 0.261 e. The summed E-state index contributed by atoms with van der Waals surface area (Å²) in [7, 11) is 0. The van der Waals surface area contributed by atoms with Crippen LogP contribution < -0.4 is 5.56 Å². The van der Waals surface area contributed by atoms with Crippen LogP contribution >= 0.6 is 0 Å². The topological polar surface area (TPSA) is 63.0 Å². The van der Waals surface area contributed by atoms with Gasteiger partial charge in [0, 0.05) is 6.20 Å². The molecule has 1 N–H and O–H groups in total. The summed E-state index contributed by atoms with van der Waals surface area (Å²) in [6.07, 6.45) is 1.68. The molecule has 0 saturated carbocycles. The van der Waals surface area contributed by atoms with Crippen LogP contribution in [-0.4, -0.2) is 19.4 Å². The third kappa shape index (κ3) is 1.08. The van der Waals surface area contributed by atoms with Crippen molar-refractivity contribution in [2.24, 2.45) is 0 Å². The first-order valence-electron chi connectivity index (χ1n) is 5.59. The van der Waals surface area contributed by atoms with E-state index in [4.69, 9.17) is 0 Å². The summed E-state index contributed by atoms with van der Waals surface area (Å²) in [6, 6.07) is 11.2. The van der Waals surface area contributed by atoms with Crippen molar-refractivity contribution in [3.63, 3.8) is 0 Å². The first-order valence-corrected chi connectivity index (χ1v) is 5.59. The molecule has 4 aromatic rings. The zero-order valence-electron chi connectivity index (χ0n) is 9.29. The van der Waals surface area contributed by atoms with Crippen LogP contribution in [0.2, 0.25) is 0 Å². The second-order valence-electron chi connectivity index (χ2n) is 4.09. The number of fused-ring (bicyclic) bond motifs is 5. The van der Waals surface area contributed by atoms with Crippen LogP contribution in [0.15, 0.2) is 47.4 Å². The monoisotopic (exact) mass is 236 g/mol. The minimum atomic E-state index is -0.166. The first-order chi connectivity index (χ1) is 8.84. The van der Waals surface area contributed by atoms with Gasteiger partial charge in [-0.15, -0.1) is 0 Å². The van der Waals surface area contributed by atoms with E-state index in [-0.39, 0.29) is 5.56 Å². The molecule has 0 aliphatic rings. The van der Waals surface area contributed by atoms with Crippen molar-refractivity contribution < 1.29 is 0 Å². The predicted molar refractivity (Wildman–Crippen MR) is 68.6 cm³/mol. The molecule has 0 bridgehead atoms. The van der Waals surface area contributed by atoms with Crippen molar-refractivity contribution in [1.82, 2.24) is 19.4 Å². The number of imidazole rings is 1. The second kappa shape index (κ2) is 3.16. The number of hydrogen-bond donors (Lipinski definition) is 1. The molecule has 3 aromatic heterocycles. The van der Waals surface area contributed by atoms with Gasteiger partial charge in [-0.2, -0.15) is 0 Å². The smallest absolute Gasteiger partial charge is 0.261 e. The number of nitrogens with zero attached hydrogens (tertiary/aromatic N) is 3. The number of pyridine rings is 1. The zero-order chi connectivity index (χ0) is 12.1. The van der Waals surface area contributed by atoms with Crippen LogP contribution in [0.4, 0.5) is 0 Å². The van der Waals surface area contributed by atoms with Crippen molar-refractivity contribution in [2.45, 2.75) is 0 Å². The molecule has 0 amide bonds. The molecule has 0 radical (unpaired) electrons. The van der Waals surface area contributed by atoms with E-state index in [9.17, 15) is 4.79 Å². The van der Waals surface area contributed by atoms with Crippen molar-refractivity contribution in [3.8, 4) is 0 Å². The molecular formula is C13H8N4O. The number of aromatic nitrogens is 4. The van der Waals surface area contributed by atoms with E-state index in [1.807, 2.05) is 28.7 Å². The van der Waals surface area contributed by atoms with E-state index < -0.39 is 0 Å². The fourth-order valence-electron chi connectivity index (χ4n) is 2.25. The molecule has 0 aliphatic heterocycles. The van der Waals surface area contributed by atoms with Crippen LogP contribution in [0.25, 0.3) is 27.8 Å². The van der Waals surface area contributed by atoms with Crippen LogP contribution in [-0.2, 0) is 0 Å². The van der Waals surface area contributed by atoms with Crippen LogP contribution in [0, 0.1) is 0 Å². The molecule has 0 unspecified atom stereocenters. The Balaban J connectivity index is 2.43. The van der Waals surface area contributed by atoms with E-state index >= 15 is 0 Å². The highest BCUT2D eigenvalue weighted by Crippen LogP contribution is 2.17. The minimum absolute atomic E-state index is 0.166. The third-order valence-corrected chi connectivity index (χ3v) is 3.03. The lowest BCUT2D eigenvalue weighted by molar-refractivity contribution is 1.12. The average molecular weight is 236 g/mol. The second-order valence-corrected chi connectivity index (χ2v) is 4.09. The van der Waals surface area contributed by atoms with Crippen molar-refractivity contribution in [1.29, 1.82) is 0 Å². The lowest BCUT2D eigenvalue weighted by atomic mass is 10.3. The number of aromatic amines is 1. The first kappa shape index (κ1) is 9.35. The zero-order valence-corrected chi connectivity index (χ0v) is 9.29. The van der Waals surface area contributed by atoms with Crippen LogP contribution in [0.1, 0.15) is 0 Å². The number of H-pyrrole nitrogens is 1. The molecule has 0 aliphatic carbocycles. The fraction of sp³-hybridized carbons (Fsp3) is 0. The highest BCUT2D eigenvalue weighted by atomic mass is 16.1. The largest absolute Gasteiger partial charge is 0.291 e. The van der Waals surface area contributed by atoms with Crippen LogP contribution in [0.5, 0.6) is 0 Å². The van der Waals surface area contributed by atoms with Gasteiger partial charge >= 0.3 is 0 Å². The van der Waals surface area contributed by atoms with Gasteiger partial charge in [-0.3, -0.25) is 14.2 Å². The molecule has 0 fully saturated rings. The number of hydrogen-bond acceptors (Lipinski definition) is 3. The van der Waals surface area contributed by atoms with Crippen molar-refractivity contribution in [2.75, 3.05) is 0 Å². The molecule has 0 saturated heterocycles. The molecule has 5 heteroatoms. The maximum absolute atomic E-state index is 11.9. The van der Waals surface area contributed by atoms with Crippen LogP contribution in [0.3, 0.4) is 0 Å². The average Bonchev–Trinajstić information content (AvgIpc) is 2.77. The number of rotatable bonds is 0. The molecule has 5 nitrogen and oxygen atoms in total. The molecule has 1 aromatic carbocycles. The number of para-hydroxylation sites is 2. The van der Waals surface area contributed by atoms with Gasteiger partial charge in [0.15, 0.2) is 5.65 Å². The Labute approximate surface area is 101 Å². The summed E-state index contributed by atoms with van der Waals surface area (Å²) in [5.74, 6) is 0.521. The van der Waals surface area contributed by atoms with Gasteiger partial charge in [-0.25, -0.2) is 9.97 Å². The SMILES string of the molecule is O=c1[nH]c2nc3ccccc3n2c2ncccc12. The summed E-state index contributed by atoms with van der Waals surface area (Å²) in [5, 5.41) is 0.563. The Morgan fingerprint density at radius 3 is 2.94 bits per heavy atom. The standard InChI is InChI=1S/C13H8N4O/c18-12-8-4-3-7-14-11(8)17-10-6-2-1-5-9(10)15-13(17)16-12/h1-7H,(H,15,16,18). The maximum atomic E-state index is 11.9. The third-order valence-electron chi connectivity index (χ3n) is 3.03. The minimum Gasteiger partial charge on any atom is -0.291 e. The summed E-state index contributed by atoms with van der Waals surface area (Å²) >= 11 is 0. The Bertz CT molecular complexity index is 951. The highest BCUT2D eigenvalue weighted by Gasteiger charge is 2.10. The van der Waals surface area contributed by atoms with Gasteiger partial charge < -0.3 is 0 Å². The Hall–Kier alpha value is -2.69. The Kier molecular flexibility index (Phi) is 1.64. The van der Waals surface area contributed by atoms with E-state index in [2.05, 4.69) is 15.0 Å². The molecule has 3 heterocycles. The van der Waals surface area contributed by atoms with Gasteiger partial charge in [-0.1, -0.05) is 12.1 Å². The number of nitrogens with one attached hydrogen (secondary N) is 1. The Morgan fingerprint density at radius 2 is 2.00 bits per heavy atom. The van der Waals surface area contributed by atoms with Gasteiger partial charge in [0.05, 0.1) is 16.4 Å². The van der Waals surface area contributed by atoms with E-state index in [0.29, 0.717) is 16.8 Å². The lowest BCUT2D eigenvalue weighted by Gasteiger charge is -2.00. The summed E-state index contributed by atoms with van der Waals surface area (Å²) in [6.45, 7) is 0. The van der Waals surface area contributed by atoms with Gasteiger partial charge in [-0.05, 0) is 24.3 Å². The van der Waals surface area contributed by atoms with Gasteiger partial charge in [0.2, 0.25) is 5.78 Å². The normalized spacial score (nSPS) is 11.6.